The molecule has 0 atom stereocenters. The molecule has 2 aromatic rings. The Morgan fingerprint density at radius 1 is 1.32 bits per heavy atom. The summed E-state index contributed by atoms with van der Waals surface area (Å²) in [4.78, 5) is 22.1. The molecule has 25 heavy (non-hydrogen) atoms. The molecule has 0 aliphatic carbocycles. The highest BCUT2D eigenvalue weighted by Gasteiger charge is 2.24. The van der Waals surface area contributed by atoms with Crippen molar-refractivity contribution in [2.75, 3.05) is 40.6 Å². The Morgan fingerprint density at radius 3 is 3.00 bits per heavy atom. The standard InChI is InChI=1S/C18H23N3O4/c1-23-8-9-25-12-17(22)21-7-6-15-16(11-21)20-18(19-15)13-4-3-5-14(10-13)24-2/h3-5,10H,6-9,11-12H2,1-2H3,(H,19,20). The van der Waals surface area contributed by atoms with E-state index < -0.39 is 0 Å². The van der Waals surface area contributed by atoms with Gasteiger partial charge in [-0.1, -0.05) is 12.1 Å². The number of nitrogens with one attached hydrogen (secondary N) is 1. The van der Waals surface area contributed by atoms with Crippen molar-refractivity contribution in [1.29, 1.82) is 0 Å². The summed E-state index contributed by atoms with van der Waals surface area (Å²) in [6.07, 6.45) is 0.736. The summed E-state index contributed by atoms with van der Waals surface area (Å²) in [5, 5.41) is 0. The third-order valence-electron chi connectivity index (χ3n) is 4.19. The van der Waals surface area contributed by atoms with Crippen LogP contribution in [-0.2, 0) is 27.2 Å². The van der Waals surface area contributed by atoms with Gasteiger partial charge < -0.3 is 24.1 Å². The van der Waals surface area contributed by atoms with Crippen LogP contribution in [0.15, 0.2) is 24.3 Å². The molecule has 0 bridgehead atoms. The van der Waals surface area contributed by atoms with E-state index in [0.29, 0.717) is 26.3 Å². The van der Waals surface area contributed by atoms with Gasteiger partial charge in [0.25, 0.3) is 0 Å². The number of hydrogen-bond donors (Lipinski definition) is 1. The molecule has 1 aliphatic heterocycles. The highest BCUT2D eigenvalue weighted by Crippen LogP contribution is 2.25. The quantitative estimate of drug-likeness (QED) is 0.772. The molecule has 1 aromatic carbocycles. The van der Waals surface area contributed by atoms with Gasteiger partial charge in [-0.05, 0) is 12.1 Å². The van der Waals surface area contributed by atoms with E-state index in [1.54, 1.807) is 19.1 Å². The first-order chi connectivity index (χ1) is 12.2. The number of benzene rings is 1. The van der Waals surface area contributed by atoms with Crippen molar-refractivity contribution < 1.29 is 19.0 Å². The molecule has 0 saturated carbocycles. The summed E-state index contributed by atoms with van der Waals surface area (Å²) in [5.41, 5.74) is 2.96. The molecular weight excluding hydrogens is 322 g/mol. The smallest absolute Gasteiger partial charge is 0.248 e. The zero-order valence-corrected chi connectivity index (χ0v) is 14.6. The summed E-state index contributed by atoms with van der Waals surface area (Å²) in [5.74, 6) is 1.57. The molecule has 7 nitrogen and oxygen atoms in total. The number of ether oxygens (including phenoxy) is 3. The molecule has 0 saturated heterocycles. The lowest BCUT2D eigenvalue weighted by atomic mass is 10.1. The average molecular weight is 345 g/mol. The summed E-state index contributed by atoms with van der Waals surface area (Å²) in [6.45, 7) is 2.17. The van der Waals surface area contributed by atoms with Crippen LogP contribution in [0.4, 0.5) is 0 Å². The number of aromatic nitrogens is 2. The minimum atomic E-state index is -0.0146. The van der Waals surface area contributed by atoms with E-state index in [0.717, 1.165) is 34.9 Å². The van der Waals surface area contributed by atoms with Gasteiger partial charge in [0.05, 0.1) is 38.3 Å². The van der Waals surface area contributed by atoms with Crippen LogP contribution in [0, 0.1) is 0 Å². The second-order valence-electron chi connectivity index (χ2n) is 5.85. The SMILES string of the molecule is COCCOCC(=O)N1CCc2nc(-c3cccc(OC)c3)[nH]c2C1. The van der Waals surface area contributed by atoms with E-state index in [9.17, 15) is 4.79 Å². The van der Waals surface area contributed by atoms with Crippen LogP contribution >= 0.6 is 0 Å². The Morgan fingerprint density at radius 2 is 2.20 bits per heavy atom. The van der Waals surface area contributed by atoms with Crippen LogP contribution in [0.25, 0.3) is 11.4 Å². The van der Waals surface area contributed by atoms with Crippen LogP contribution in [0.2, 0.25) is 0 Å². The first-order valence-corrected chi connectivity index (χ1v) is 8.28. The third kappa shape index (κ3) is 4.18. The van der Waals surface area contributed by atoms with Crippen molar-refractivity contribution in [1.82, 2.24) is 14.9 Å². The number of amides is 1. The van der Waals surface area contributed by atoms with E-state index in [-0.39, 0.29) is 12.5 Å². The second kappa shape index (κ2) is 8.13. The van der Waals surface area contributed by atoms with Crippen molar-refractivity contribution >= 4 is 5.91 Å². The molecular formula is C18H23N3O4. The van der Waals surface area contributed by atoms with Gasteiger partial charge in [0.15, 0.2) is 0 Å². The number of carbonyl (C=O) groups excluding carboxylic acids is 1. The van der Waals surface area contributed by atoms with Gasteiger partial charge in [-0.25, -0.2) is 4.98 Å². The Kier molecular flexibility index (Phi) is 5.67. The molecule has 7 heteroatoms. The molecule has 1 N–H and O–H groups in total. The zero-order valence-electron chi connectivity index (χ0n) is 14.6. The number of rotatable bonds is 7. The van der Waals surface area contributed by atoms with E-state index in [4.69, 9.17) is 14.2 Å². The molecule has 0 fully saturated rings. The van der Waals surface area contributed by atoms with Crippen LogP contribution in [0.5, 0.6) is 5.75 Å². The van der Waals surface area contributed by atoms with Crippen molar-refractivity contribution in [3.8, 4) is 17.1 Å². The summed E-state index contributed by atoms with van der Waals surface area (Å²) in [6, 6.07) is 7.76. The lowest BCUT2D eigenvalue weighted by molar-refractivity contribution is -0.137. The van der Waals surface area contributed by atoms with Crippen molar-refractivity contribution in [3.05, 3.63) is 35.7 Å². The maximum absolute atomic E-state index is 12.2. The Hall–Kier alpha value is -2.38. The lowest BCUT2D eigenvalue weighted by Gasteiger charge is -2.26. The minimum Gasteiger partial charge on any atom is -0.497 e. The Balaban J connectivity index is 1.65. The number of aromatic amines is 1. The maximum Gasteiger partial charge on any atom is 0.248 e. The Bertz CT molecular complexity index is 729. The maximum atomic E-state index is 12.2. The molecule has 3 rings (SSSR count). The molecule has 0 radical (unpaired) electrons. The van der Waals surface area contributed by atoms with Crippen LogP contribution in [0.3, 0.4) is 0 Å². The number of imidazole rings is 1. The van der Waals surface area contributed by atoms with Crippen LogP contribution in [-0.4, -0.2) is 61.4 Å². The molecule has 0 unspecified atom stereocenters. The fraction of sp³-hybridized carbons (Fsp3) is 0.444. The van der Waals surface area contributed by atoms with Crippen molar-refractivity contribution in [3.63, 3.8) is 0 Å². The summed E-state index contributed by atoms with van der Waals surface area (Å²) in [7, 11) is 3.25. The number of carbonyl (C=O) groups is 1. The minimum absolute atomic E-state index is 0.0146. The predicted octanol–water partition coefficient (Wildman–Crippen LogP) is 1.63. The lowest BCUT2D eigenvalue weighted by Crippen LogP contribution is -2.38. The number of methoxy groups -OCH3 is 2. The van der Waals surface area contributed by atoms with E-state index in [2.05, 4.69) is 9.97 Å². The highest BCUT2D eigenvalue weighted by atomic mass is 16.5. The molecule has 1 aliphatic rings. The molecule has 0 spiro atoms. The number of H-pyrrole nitrogens is 1. The first kappa shape index (κ1) is 17.4. The van der Waals surface area contributed by atoms with E-state index in [1.807, 2.05) is 24.3 Å². The second-order valence-corrected chi connectivity index (χ2v) is 5.85. The molecule has 2 heterocycles. The third-order valence-corrected chi connectivity index (χ3v) is 4.19. The van der Waals surface area contributed by atoms with Gasteiger partial charge in [-0.15, -0.1) is 0 Å². The predicted molar refractivity (Wildman–Crippen MR) is 92.4 cm³/mol. The fourth-order valence-corrected chi connectivity index (χ4v) is 2.81. The van der Waals surface area contributed by atoms with Crippen LogP contribution < -0.4 is 4.74 Å². The monoisotopic (exact) mass is 345 g/mol. The molecule has 134 valence electrons. The molecule has 1 amide bonds. The normalized spacial score (nSPS) is 13.6. The average Bonchev–Trinajstić information content (AvgIpc) is 3.08. The highest BCUT2D eigenvalue weighted by molar-refractivity contribution is 5.77. The zero-order chi connectivity index (χ0) is 17.6. The van der Waals surface area contributed by atoms with Gasteiger partial charge in [0, 0.05) is 25.6 Å². The first-order valence-electron chi connectivity index (χ1n) is 8.28. The van der Waals surface area contributed by atoms with Gasteiger partial charge in [-0.2, -0.15) is 0 Å². The van der Waals surface area contributed by atoms with E-state index in [1.165, 1.54) is 0 Å². The van der Waals surface area contributed by atoms with E-state index >= 15 is 0 Å². The van der Waals surface area contributed by atoms with Crippen molar-refractivity contribution in [2.45, 2.75) is 13.0 Å². The van der Waals surface area contributed by atoms with Gasteiger partial charge >= 0.3 is 0 Å². The van der Waals surface area contributed by atoms with Gasteiger partial charge in [0.1, 0.15) is 18.2 Å². The number of nitrogens with zero attached hydrogens (tertiary/aromatic N) is 2. The topological polar surface area (TPSA) is 76.7 Å². The molecule has 1 aromatic heterocycles. The van der Waals surface area contributed by atoms with Crippen molar-refractivity contribution in [2.24, 2.45) is 0 Å². The largest absolute Gasteiger partial charge is 0.497 e. The number of hydrogen-bond acceptors (Lipinski definition) is 5. The van der Waals surface area contributed by atoms with Gasteiger partial charge in [0.2, 0.25) is 5.91 Å². The summed E-state index contributed by atoms with van der Waals surface area (Å²) >= 11 is 0. The van der Waals surface area contributed by atoms with Crippen LogP contribution in [0.1, 0.15) is 11.4 Å². The van der Waals surface area contributed by atoms with Gasteiger partial charge in [-0.3, -0.25) is 4.79 Å². The summed E-state index contributed by atoms with van der Waals surface area (Å²) < 4.78 is 15.5. The fourth-order valence-electron chi connectivity index (χ4n) is 2.81. The number of fused-ring (bicyclic) bond motifs is 1. The Labute approximate surface area is 146 Å².